The van der Waals surface area contributed by atoms with E-state index >= 15 is 0 Å². The first kappa shape index (κ1) is 13.0. The zero-order valence-corrected chi connectivity index (χ0v) is 9.93. The van der Waals surface area contributed by atoms with Crippen LogP contribution in [0.2, 0.25) is 0 Å². The second-order valence-corrected chi connectivity index (χ2v) is 4.90. The largest absolute Gasteiger partial charge is 0.390 e. The molecule has 0 aromatic carbocycles. The van der Waals surface area contributed by atoms with Crippen molar-refractivity contribution in [2.45, 2.75) is 65.9 Å². The molecule has 2 atom stereocenters. The van der Waals surface area contributed by atoms with Gasteiger partial charge < -0.3 is 5.11 Å². The molecule has 2 unspecified atom stereocenters. The van der Waals surface area contributed by atoms with Gasteiger partial charge in [-0.15, -0.1) is 0 Å². The highest BCUT2D eigenvalue weighted by Gasteiger charge is 2.18. The highest BCUT2D eigenvalue weighted by atomic mass is 16.3. The van der Waals surface area contributed by atoms with Gasteiger partial charge in [0.15, 0.2) is 0 Å². The lowest BCUT2D eigenvalue weighted by Gasteiger charge is -2.25. The molecular weight excluding hydrogens is 160 g/mol. The van der Waals surface area contributed by atoms with Crippen LogP contribution in [0, 0.1) is 11.8 Å². The molecule has 1 N–H and O–H groups in total. The summed E-state index contributed by atoms with van der Waals surface area (Å²) in [5.41, 5.74) is -0.485. The smallest absolute Gasteiger partial charge is 0.0591 e. The Hall–Kier alpha value is -0.0400. The standard InChI is InChI=1S/C12H26O/c1-6-10(3)11(7-2)8-9-12(4,5)13/h10-11,13H,6-9H2,1-5H3. The SMILES string of the molecule is CCC(C)C(CC)CCC(C)(C)O. The van der Waals surface area contributed by atoms with E-state index in [0.717, 1.165) is 24.7 Å². The van der Waals surface area contributed by atoms with Gasteiger partial charge in [-0.25, -0.2) is 0 Å². The van der Waals surface area contributed by atoms with Crippen LogP contribution in [0.4, 0.5) is 0 Å². The summed E-state index contributed by atoms with van der Waals surface area (Å²) in [7, 11) is 0. The van der Waals surface area contributed by atoms with Crippen LogP contribution in [-0.4, -0.2) is 10.7 Å². The first-order valence-corrected chi connectivity index (χ1v) is 5.63. The van der Waals surface area contributed by atoms with Crippen molar-refractivity contribution < 1.29 is 5.11 Å². The van der Waals surface area contributed by atoms with Crippen LogP contribution in [0.5, 0.6) is 0 Å². The van der Waals surface area contributed by atoms with Crippen LogP contribution in [0.25, 0.3) is 0 Å². The van der Waals surface area contributed by atoms with Gasteiger partial charge in [0.25, 0.3) is 0 Å². The molecule has 0 rings (SSSR count). The van der Waals surface area contributed by atoms with E-state index in [1.807, 2.05) is 13.8 Å². The molecule has 80 valence electrons. The highest BCUT2D eigenvalue weighted by molar-refractivity contribution is 4.71. The summed E-state index contributed by atoms with van der Waals surface area (Å²) < 4.78 is 0. The summed E-state index contributed by atoms with van der Waals surface area (Å²) >= 11 is 0. The number of hydrogen-bond donors (Lipinski definition) is 1. The van der Waals surface area contributed by atoms with E-state index in [0.29, 0.717) is 0 Å². The molecule has 0 aliphatic heterocycles. The lowest BCUT2D eigenvalue weighted by Crippen LogP contribution is -2.21. The fourth-order valence-electron chi connectivity index (χ4n) is 1.76. The third kappa shape index (κ3) is 6.09. The predicted octanol–water partition coefficient (Wildman–Crippen LogP) is 3.61. The minimum atomic E-state index is -0.485. The van der Waals surface area contributed by atoms with E-state index in [2.05, 4.69) is 20.8 Å². The molecule has 0 aromatic rings. The fraction of sp³-hybridized carbons (Fsp3) is 1.00. The topological polar surface area (TPSA) is 20.2 Å². The van der Waals surface area contributed by atoms with Gasteiger partial charge in [0.2, 0.25) is 0 Å². The van der Waals surface area contributed by atoms with Gasteiger partial charge in [-0.05, 0) is 38.5 Å². The van der Waals surface area contributed by atoms with Crippen molar-refractivity contribution in [2.24, 2.45) is 11.8 Å². The van der Waals surface area contributed by atoms with Crippen molar-refractivity contribution in [3.05, 3.63) is 0 Å². The van der Waals surface area contributed by atoms with Gasteiger partial charge in [0.05, 0.1) is 5.60 Å². The normalized spacial score (nSPS) is 17.1. The summed E-state index contributed by atoms with van der Waals surface area (Å²) in [5, 5.41) is 9.62. The molecule has 0 radical (unpaired) electrons. The minimum Gasteiger partial charge on any atom is -0.390 e. The maximum atomic E-state index is 9.62. The van der Waals surface area contributed by atoms with Crippen LogP contribution in [0.1, 0.15) is 60.3 Å². The van der Waals surface area contributed by atoms with Crippen molar-refractivity contribution in [1.82, 2.24) is 0 Å². The van der Waals surface area contributed by atoms with Crippen molar-refractivity contribution >= 4 is 0 Å². The van der Waals surface area contributed by atoms with Gasteiger partial charge in [-0.2, -0.15) is 0 Å². The zero-order chi connectivity index (χ0) is 10.5. The minimum absolute atomic E-state index is 0.485. The predicted molar refractivity (Wildman–Crippen MR) is 58.8 cm³/mol. The van der Waals surface area contributed by atoms with E-state index in [1.54, 1.807) is 0 Å². The average Bonchev–Trinajstić information content (AvgIpc) is 2.03. The Labute approximate surface area is 83.5 Å². The Morgan fingerprint density at radius 2 is 1.69 bits per heavy atom. The van der Waals surface area contributed by atoms with Crippen LogP contribution in [0.3, 0.4) is 0 Å². The third-order valence-corrected chi connectivity index (χ3v) is 3.10. The van der Waals surface area contributed by atoms with Crippen LogP contribution in [0.15, 0.2) is 0 Å². The quantitative estimate of drug-likeness (QED) is 0.672. The van der Waals surface area contributed by atoms with E-state index in [9.17, 15) is 5.11 Å². The van der Waals surface area contributed by atoms with Gasteiger partial charge >= 0.3 is 0 Å². The van der Waals surface area contributed by atoms with Crippen LogP contribution >= 0.6 is 0 Å². The van der Waals surface area contributed by atoms with Crippen molar-refractivity contribution in [2.75, 3.05) is 0 Å². The molecule has 1 heteroatoms. The fourth-order valence-corrected chi connectivity index (χ4v) is 1.76. The Morgan fingerprint density at radius 3 is 2.00 bits per heavy atom. The van der Waals surface area contributed by atoms with Crippen molar-refractivity contribution in [3.63, 3.8) is 0 Å². The molecule has 0 aromatic heterocycles. The summed E-state index contributed by atoms with van der Waals surface area (Å²) in [5.74, 6) is 1.59. The van der Waals surface area contributed by atoms with Gasteiger partial charge in [-0.3, -0.25) is 0 Å². The van der Waals surface area contributed by atoms with Crippen molar-refractivity contribution in [1.29, 1.82) is 0 Å². The molecular formula is C12H26O. The summed E-state index contributed by atoms with van der Waals surface area (Å²) in [6.45, 7) is 10.6. The summed E-state index contributed by atoms with van der Waals surface area (Å²) in [6.07, 6.45) is 4.58. The maximum absolute atomic E-state index is 9.62. The Morgan fingerprint density at radius 1 is 1.15 bits per heavy atom. The van der Waals surface area contributed by atoms with Gasteiger partial charge in [0, 0.05) is 0 Å². The van der Waals surface area contributed by atoms with E-state index < -0.39 is 5.60 Å². The Kier molecular flexibility index (Phi) is 5.62. The van der Waals surface area contributed by atoms with Gasteiger partial charge in [-0.1, -0.05) is 33.6 Å². The molecule has 0 heterocycles. The van der Waals surface area contributed by atoms with Gasteiger partial charge in [0.1, 0.15) is 0 Å². The molecule has 13 heavy (non-hydrogen) atoms. The van der Waals surface area contributed by atoms with E-state index in [1.165, 1.54) is 12.8 Å². The first-order valence-electron chi connectivity index (χ1n) is 5.63. The van der Waals surface area contributed by atoms with E-state index in [4.69, 9.17) is 0 Å². The maximum Gasteiger partial charge on any atom is 0.0591 e. The summed E-state index contributed by atoms with van der Waals surface area (Å²) in [4.78, 5) is 0. The van der Waals surface area contributed by atoms with Crippen molar-refractivity contribution in [3.8, 4) is 0 Å². The molecule has 0 amide bonds. The molecule has 0 aliphatic carbocycles. The lowest BCUT2D eigenvalue weighted by molar-refractivity contribution is 0.0597. The van der Waals surface area contributed by atoms with Crippen LogP contribution in [-0.2, 0) is 0 Å². The Balaban J connectivity index is 3.85. The number of hydrogen-bond acceptors (Lipinski definition) is 1. The second kappa shape index (κ2) is 5.64. The molecule has 0 bridgehead atoms. The third-order valence-electron chi connectivity index (χ3n) is 3.10. The molecule has 0 spiro atoms. The second-order valence-electron chi connectivity index (χ2n) is 4.90. The zero-order valence-electron chi connectivity index (χ0n) is 9.93. The number of aliphatic hydroxyl groups is 1. The first-order chi connectivity index (χ1) is 5.90. The summed E-state index contributed by atoms with van der Waals surface area (Å²) in [6, 6.07) is 0. The lowest BCUT2D eigenvalue weighted by atomic mass is 9.83. The molecule has 0 aliphatic rings. The molecule has 0 saturated carbocycles. The average molecular weight is 186 g/mol. The highest BCUT2D eigenvalue weighted by Crippen LogP contribution is 2.26. The monoisotopic (exact) mass is 186 g/mol. The molecule has 0 fully saturated rings. The van der Waals surface area contributed by atoms with E-state index in [-0.39, 0.29) is 0 Å². The Bertz CT molecular complexity index is 124. The molecule has 1 nitrogen and oxygen atoms in total. The molecule has 0 saturated heterocycles. The number of rotatable bonds is 6. The van der Waals surface area contributed by atoms with Crippen LogP contribution < -0.4 is 0 Å².